The van der Waals surface area contributed by atoms with Gasteiger partial charge in [-0.3, -0.25) is 14.4 Å². The molecule has 0 fully saturated rings. The van der Waals surface area contributed by atoms with Gasteiger partial charge in [-0.05, 0) is 48.0 Å². The van der Waals surface area contributed by atoms with Gasteiger partial charge in [0.1, 0.15) is 24.2 Å². The number of furan rings is 1. The van der Waals surface area contributed by atoms with Gasteiger partial charge in [0.2, 0.25) is 0 Å². The number of halogens is 2. The first kappa shape index (κ1) is 23.2. The molecule has 0 saturated carbocycles. The lowest BCUT2D eigenvalue weighted by Crippen LogP contribution is -2.34. The first-order valence-corrected chi connectivity index (χ1v) is 10.7. The van der Waals surface area contributed by atoms with E-state index in [9.17, 15) is 18.8 Å². The Balaban J connectivity index is 1.37. The molecule has 0 saturated heterocycles. The number of carbonyl (C=O) groups is 3. The second kappa shape index (κ2) is 10.3. The average Bonchev–Trinajstić information content (AvgIpc) is 3.51. The Morgan fingerprint density at radius 3 is 2.65 bits per heavy atom. The molecule has 1 aliphatic rings. The molecule has 0 aliphatic carbocycles. The topological polar surface area (TPSA) is 101 Å². The third kappa shape index (κ3) is 5.49. The number of nitrogens with one attached hydrogen (secondary N) is 1. The van der Waals surface area contributed by atoms with Crippen LogP contribution in [-0.2, 0) is 14.3 Å². The lowest BCUT2D eigenvalue weighted by Gasteiger charge is -2.19. The van der Waals surface area contributed by atoms with Crippen molar-refractivity contribution in [2.24, 2.45) is 5.10 Å². The first-order valence-electron chi connectivity index (χ1n) is 10.3. The number of rotatable bonds is 7. The Morgan fingerprint density at radius 2 is 1.94 bits per heavy atom. The van der Waals surface area contributed by atoms with Crippen molar-refractivity contribution in [1.29, 1.82) is 0 Å². The van der Waals surface area contributed by atoms with E-state index in [0.29, 0.717) is 22.9 Å². The van der Waals surface area contributed by atoms with Crippen molar-refractivity contribution in [2.45, 2.75) is 12.5 Å². The fourth-order valence-electron chi connectivity index (χ4n) is 3.40. The van der Waals surface area contributed by atoms with E-state index < -0.39 is 42.8 Å². The van der Waals surface area contributed by atoms with Crippen LogP contribution in [0.3, 0.4) is 0 Å². The summed E-state index contributed by atoms with van der Waals surface area (Å²) in [5.41, 5.74) is 1.51. The second-order valence-corrected chi connectivity index (χ2v) is 7.82. The van der Waals surface area contributed by atoms with Gasteiger partial charge in [0, 0.05) is 17.0 Å². The first-order chi connectivity index (χ1) is 16.4. The minimum atomic E-state index is -0.825. The molecule has 0 radical (unpaired) electrons. The minimum Gasteiger partial charge on any atom is -0.467 e. The van der Waals surface area contributed by atoms with E-state index in [0.717, 1.165) is 11.6 Å². The monoisotopic (exact) mass is 483 g/mol. The van der Waals surface area contributed by atoms with Crippen LogP contribution in [0.1, 0.15) is 34.1 Å². The molecule has 1 unspecified atom stereocenters. The number of ether oxygens (including phenoxy) is 1. The van der Waals surface area contributed by atoms with Gasteiger partial charge < -0.3 is 14.5 Å². The molecule has 0 spiro atoms. The second-order valence-electron chi connectivity index (χ2n) is 7.38. The zero-order valence-electron chi connectivity index (χ0n) is 17.7. The summed E-state index contributed by atoms with van der Waals surface area (Å²) in [6.45, 7) is -1.06. The number of amides is 2. The van der Waals surface area contributed by atoms with E-state index in [2.05, 4.69) is 10.4 Å². The van der Waals surface area contributed by atoms with Crippen molar-refractivity contribution >= 4 is 35.1 Å². The maximum atomic E-state index is 13.2. The van der Waals surface area contributed by atoms with E-state index in [4.69, 9.17) is 20.8 Å². The summed E-state index contributed by atoms with van der Waals surface area (Å²) in [7, 11) is 0. The maximum Gasteiger partial charge on any atom is 0.325 e. The van der Waals surface area contributed by atoms with Crippen LogP contribution < -0.4 is 5.32 Å². The number of hydrogen-bond donors (Lipinski definition) is 1. The van der Waals surface area contributed by atoms with Crippen molar-refractivity contribution < 1.29 is 27.9 Å². The third-order valence-corrected chi connectivity index (χ3v) is 5.30. The highest BCUT2D eigenvalue weighted by Crippen LogP contribution is 2.33. The van der Waals surface area contributed by atoms with Crippen molar-refractivity contribution in [3.05, 3.63) is 94.7 Å². The summed E-state index contributed by atoms with van der Waals surface area (Å²) in [6.07, 6.45) is 1.90. The Hall–Kier alpha value is -3.98. The van der Waals surface area contributed by atoms with Gasteiger partial charge in [0.15, 0.2) is 6.61 Å². The highest BCUT2D eigenvalue weighted by Gasteiger charge is 2.35. The summed E-state index contributed by atoms with van der Waals surface area (Å²) in [5, 5.41) is 8.55. The number of hydrazone groups is 1. The number of carbonyl (C=O) groups excluding carboxylic acids is 3. The minimum absolute atomic E-state index is 0.0614. The Kier molecular flexibility index (Phi) is 7.03. The van der Waals surface area contributed by atoms with Crippen LogP contribution in [0, 0.1) is 5.82 Å². The van der Waals surface area contributed by atoms with Crippen LogP contribution in [-0.4, -0.2) is 41.7 Å². The van der Waals surface area contributed by atoms with Gasteiger partial charge in [-0.1, -0.05) is 29.8 Å². The molecule has 174 valence electrons. The molecule has 2 heterocycles. The highest BCUT2D eigenvalue weighted by molar-refractivity contribution is 6.30. The molecule has 2 aromatic carbocycles. The third-order valence-electron chi connectivity index (χ3n) is 5.05. The summed E-state index contributed by atoms with van der Waals surface area (Å²) in [5.74, 6) is -2.06. The summed E-state index contributed by atoms with van der Waals surface area (Å²) in [6, 6.07) is 15.0. The van der Waals surface area contributed by atoms with E-state index in [1.165, 1.54) is 29.5 Å². The lowest BCUT2D eigenvalue weighted by atomic mass is 10.0. The van der Waals surface area contributed by atoms with Crippen molar-refractivity contribution in [3.63, 3.8) is 0 Å². The fraction of sp³-hybridized carbons (Fsp3) is 0.167. The van der Waals surface area contributed by atoms with Crippen LogP contribution in [0.2, 0.25) is 5.02 Å². The Labute approximate surface area is 198 Å². The van der Waals surface area contributed by atoms with Gasteiger partial charge in [-0.25, -0.2) is 9.40 Å². The van der Waals surface area contributed by atoms with Gasteiger partial charge in [0.05, 0.1) is 12.0 Å². The Bertz CT molecular complexity index is 1230. The lowest BCUT2D eigenvalue weighted by molar-refractivity contribution is -0.152. The quantitative estimate of drug-likeness (QED) is 0.516. The fourth-order valence-corrected chi connectivity index (χ4v) is 3.53. The molecule has 2 amide bonds. The molecule has 1 N–H and O–H groups in total. The maximum absolute atomic E-state index is 13.2. The number of hydrogen-bond acceptors (Lipinski definition) is 6. The van der Waals surface area contributed by atoms with Gasteiger partial charge in [0.25, 0.3) is 11.8 Å². The van der Waals surface area contributed by atoms with Crippen molar-refractivity contribution in [2.75, 3.05) is 13.2 Å². The summed E-state index contributed by atoms with van der Waals surface area (Å²) < 4.78 is 23.7. The largest absolute Gasteiger partial charge is 0.467 e. The van der Waals surface area contributed by atoms with E-state index >= 15 is 0 Å². The molecule has 10 heteroatoms. The van der Waals surface area contributed by atoms with Crippen LogP contribution in [0.15, 0.2) is 76.4 Å². The number of benzene rings is 2. The molecular formula is C24H19ClFN3O5. The smallest absolute Gasteiger partial charge is 0.325 e. The van der Waals surface area contributed by atoms with Crippen molar-refractivity contribution in [1.82, 2.24) is 10.3 Å². The van der Waals surface area contributed by atoms with E-state index in [1.54, 1.807) is 36.4 Å². The molecule has 34 heavy (non-hydrogen) atoms. The highest BCUT2D eigenvalue weighted by atomic mass is 35.5. The molecule has 1 aliphatic heterocycles. The van der Waals surface area contributed by atoms with E-state index in [-0.39, 0.29) is 5.56 Å². The molecule has 1 atom stereocenters. The predicted octanol–water partition coefficient (Wildman–Crippen LogP) is 3.72. The van der Waals surface area contributed by atoms with Crippen LogP contribution in [0.25, 0.3) is 0 Å². The molecule has 1 aromatic heterocycles. The standard InChI is InChI=1S/C24H19ClFN3O5/c25-17-8-6-15(7-9-17)19-12-20(21-5-2-10-33-21)29(28-19)22(30)14-34-23(31)13-27-24(32)16-3-1-4-18(26)11-16/h1-11,20H,12-14H2,(H,27,32). The SMILES string of the molecule is O=C(CNC(=O)c1cccc(F)c1)OCC(=O)N1N=C(c2ccc(Cl)cc2)CC1c1ccco1. The Morgan fingerprint density at radius 1 is 1.15 bits per heavy atom. The van der Waals surface area contributed by atoms with E-state index in [1.807, 2.05) is 0 Å². The molecule has 8 nitrogen and oxygen atoms in total. The van der Waals surface area contributed by atoms with Gasteiger partial charge in [-0.15, -0.1) is 0 Å². The average molecular weight is 484 g/mol. The van der Waals surface area contributed by atoms with Gasteiger partial charge in [-0.2, -0.15) is 5.10 Å². The van der Waals surface area contributed by atoms with Crippen LogP contribution >= 0.6 is 11.6 Å². The molecule has 0 bridgehead atoms. The molecular weight excluding hydrogens is 465 g/mol. The molecule has 3 aromatic rings. The van der Waals surface area contributed by atoms with Gasteiger partial charge >= 0.3 is 5.97 Å². The normalized spacial score (nSPS) is 15.1. The van der Waals surface area contributed by atoms with Crippen LogP contribution in [0.5, 0.6) is 0 Å². The number of nitrogens with zero attached hydrogens (tertiary/aromatic N) is 2. The predicted molar refractivity (Wildman–Crippen MR) is 121 cm³/mol. The zero-order valence-corrected chi connectivity index (χ0v) is 18.5. The van der Waals surface area contributed by atoms with Crippen molar-refractivity contribution in [3.8, 4) is 0 Å². The number of esters is 1. The van der Waals surface area contributed by atoms with Crippen LogP contribution in [0.4, 0.5) is 4.39 Å². The molecule has 4 rings (SSSR count). The summed E-state index contributed by atoms with van der Waals surface area (Å²) >= 11 is 5.95. The summed E-state index contributed by atoms with van der Waals surface area (Å²) in [4.78, 5) is 36.9. The zero-order chi connectivity index (χ0) is 24.1.